The minimum Gasteiger partial charge on any atom is -0.345 e. The molecule has 2 rings (SSSR count). The Labute approximate surface area is 105 Å². The van der Waals surface area contributed by atoms with Gasteiger partial charge in [-0.25, -0.2) is 0 Å². The van der Waals surface area contributed by atoms with Crippen LogP contribution in [0.4, 0.5) is 0 Å². The fraction of sp³-hybridized carbons (Fsp3) is 0.455. The van der Waals surface area contributed by atoms with Crippen LogP contribution in [0.5, 0.6) is 0 Å². The molecule has 2 heterocycles. The summed E-state index contributed by atoms with van der Waals surface area (Å²) >= 11 is 0. The molecule has 96 valence electrons. The van der Waals surface area contributed by atoms with Crippen molar-refractivity contribution in [3.63, 3.8) is 0 Å². The van der Waals surface area contributed by atoms with Gasteiger partial charge in [-0.05, 0) is 13.8 Å². The van der Waals surface area contributed by atoms with Crippen LogP contribution in [-0.4, -0.2) is 30.5 Å². The zero-order valence-electron chi connectivity index (χ0n) is 10.7. The molecule has 0 aliphatic rings. The van der Waals surface area contributed by atoms with Gasteiger partial charge in [-0.1, -0.05) is 0 Å². The van der Waals surface area contributed by atoms with Crippen LogP contribution >= 0.6 is 0 Å². The number of hydrogen-bond donors (Lipinski definition) is 1. The number of carbonyl (C=O) groups excluding carboxylic acids is 1. The number of rotatable bonds is 4. The van der Waals surface area contributed by atoms with E-state index in [-0.39, 0.29) is 5.91 Å². The molecular weight excluding hydrogens is 232 g/mol. The Morgan fingerprint density at radius 1 is 1.50 bits per heavy atom. The van der Waals surface area contributed by atoms with E-state index in [4.69, 9.17) is 0 Å². The second-order valence-electron chi connectivity index (χ2n) is 3.98. The Kier molecular flexibility index (Phi) is 3.40. The van der Waals surface area contributed by atoms with Gasteiger partial charge in [-0.3, -0.25) is 9.48 Å². The standard InChI is InChI=1S/C11H16N6O/c1-4-17-7-13-15-10(17)6-12-11(18)9-5-14-16(3)8(9)2/h5,7H,4,6H2,1-3H3,(H,12,18). The van der Waals surface area contributed by atoms with Gasteiger partial charge >= 0.3 is 0 Å². The van der Waals surface area contributed by atoms with Crippen LogP contribution in [0.15, 0.2) is 12.5 Å². The Hall–Kier alpha value is -2.18. The summed E-state index contributed by atoms with van der Waals surface area (Å²) in [6.45, 7) is 5.00. The molecule has 0 atom stereocenters. The van der Waals surface area contributed by atoms with Crippen LogP contribution in [0.1, 0.15) is 28.8 Å². The fourth-order valence-electron chi connectivity index (χ4n) is 1.66. The lowest BCUT2D eigenvalue weighted by Gasteiger charge is -2.05. The molecule has 0 aromatic carbocycles. The second kappa shape index (κ2) is 4.99. The summed E-state index contributed by atoms with van der Waals surface area (Å²) in [5, 5.41) is 14.6. The van der Waals surface area contributed by atoms with Crippen molar-refractivity contribution in [2.75, 3.05) is 0 Å². The number of carbonyl (C=O) groups is 1. The SMILES string of the molecule is CCn1cnnc1CNC(=O)c1cnn(C)c1C. The topological polar surface area (TPSA) is 77.6 Å². The third-order valence-corrected chi connectivity index (χ3v) is 2.92. The van der Waals surface area contributed by atoms with Gasteiger partial charge in [0.05, 0.1) is 18.3 Å². The van der Waals surface area contributed by atoms with Crippen molar-refractivity contribution in [2.24, 2.45) is 7.05 Å². The minimum absolute atomic E-state index is 0.147. The van der Waals surface area contributed by atoms with E-state index < -0.39 is 0 Å². The van der Waals surface area contributed by atoms with Gasteiger partial charge in [0, 0.05) is 19.3 Å². The first kappa shape index (κ1) is 12.3. The average molecular weight is 248 g/mol. The molecule has 0 unspecified atom stereocenters. The molecule has 0 radical (unpaired) electrons. The highest BCUT2D eigenvalue weighted by Crippen LogP contribution is 2.05. The third kappa shape index (κ3) is 2.24. The zero-order valence-corrected chi connectivity index (χ0v) is 10.7. The van der Waals surface area contributed by atoms with E-state index in [1.807, 2.05) is 18.4 Å². The van der Waals surface area contributed by atoms with Crippen molar-refractivity contribution in [3.05, 3.63) is 29.6 Å². The van der Waals surface area contributed by atoms with Gasteiger partial charge in [0.25, 0.3) is 5.91 Å². The molecule has 0 saturated heterocycles. The lowest BCUT2D eigenvalue weighted by atomic mass is 10.2. The highest BCUT2D eigenvalue weighted by molar-refractivity contribution is 5.94. The zero-order chi connectivity index (χ0) is 13.1. The lowest BCUT2D eigenvalue weighted by molar-refractivity contribution is 0.0948. The van der Waals surface area contributed by atoms with Crippen LogP contribution < -0.4 is 5.32 Å². The number of nitrogens with one attached hydrogen (secondary N) is 1. The summed E-state index contributed by atoms with van der Waals surface area (Å²) in [5.41, 5.74) is 1.42. The maximum atomic E-state index is 12.0. The van der Waals surface area contributed by atoms with Crippen LogP contribution in [0, 0.1) is 6.92 Å². The van der Waals surface area contributed by atoms with E-state index in [2.05, 4.69) is 20.6 Å². The van der Waals surface area contributed by atoms with Crippen molar-refractivity contribution >= 4 is 5.91 Å². The van der Waals surface area contributed by atoms with Crippen LogP contribution in [0.2, 0.25) is 0 Å². The van der Waals surface area contributed by atoms with E-state index in [1.165, 1.54) is 0 Å². The normalized spacial score (nSPS) is 10.6. The third-order valence-electron chi connectivity index (χ3n) is 2.92. The van der Waals surface area contributed by atoms with Crippen LogP contribution in [0.3, 0.4) is 0 Å². The molecule has 2 aromatic heterocycles. The second-order valence-corrected chi connectivity index (χ2v) is 3.98. The van der Waals surface area contributed by atoms with Gasteiger partial charge in [-0.2, -0.15) is 5.10 Å². The predicted octanol–water partition coefficient (Wildman–Crippen LogP) is 0.270. The summed E-state index contributed by atoms with van der Waals surface area (Å²) in [5.74, 6) is 0.596. The first-order chi connectivity index (χ1) is 8.63. The van der Waals surface area contributed by atoms with Gasteiger partial charge in [0.1, 0.15) is 6.33 Å². The summed E-state index contributed by atoms with van der Waals surface area (Å²) in [7, 11) is 1.81. The first-order valence-electron chi connectivity index (χ1n) is 5.77. The fourth-order valence-corrected chi connectivity index (χ4v) is 1.66. The molecule has 7 nitrogen and oxygen atoms in total. The maximum Gasteiger partial charge on any atom is 0.255 e. The average Bonchev–Trinajstić information content (AvgIpc) is 2.94. The highest BCUT2D eigenvalue weighted by Gasteiger charge is 2.13. The Bertz CT molecular complexity index is 556. The molecule has 2 aromatic rings. The highest BCUT2D eigenvalue weighted by atomic mass is 16.1. The number of aromatic nitrogens is 5. The molecule has 7 heteroatoms. The van der Waals surface area contributed by atoms with E-state index in [0.29, 0.717) is 12.1 Å². The van der Waals surface area contributed by atoms with Crippen molar-refractivity contribution in [1.29, 1.82) is 0 Å². The number of amides is 1. The van der Waals surface area contributed by atoms with Crippen LogP contribution in [0.25, 0.3) is 0 Å². The van der Waals surface area contributed by atoms with Crippen molar-refractivity contribution in [3.8, 4) is 0 Å². The molecule has 0 fully saturated rings. The lowest BCUT2D eigenvalue weighted by Crippen LogP contribution is -2.25. The first-order valence-corrected chi connectivity index (χ1v) is 5.77. The molecule has 1 N–H and O–H groups in total. The molecule has 1 amide bonds. The molecule has 18 heavy (non-hydrogen) atoms. The minimum atomic E-state index is -0.147. The Morgan fingerprint density at radius 3 is 2.89 bits per heavy atom. The van der Waals surface area contributed by atoms with E-state index >= 15 is 0 Å². The monoisotopic (exact) mass is 248 g/mol. The summed E-state index contributed by atoms with van der Waals surface area (Å²) in [6, 6.07) is 0. The van der Waals surface area contributed by atoms with E-state index in [0.717, 1.165) is 18.1 Å². The number of aryl methyl sites for hydroxylation is 2. The van der Waals surface area contributed by atoms with E-state index in [1.54, 1.807) is 24.3 Å². The van der Waals surface area contributed by atoms with Crippen molar-refractivity contribution < 1.29 is 4.79 Å². The van der Waals surface area contributed by atoms with Gasteiger partial charge < -0.3 is 9.88 Å². The summed E-state index contributed by atoms with van der Waals surface area (Å²) < 4.78 is 3.56. The van der Waals surface area contributed by atoms with Crippen molar-refractivity contribution in [1.82, 2.24) is 29.9 Å². The Balaban J connectivity index is 2.03. The molecular formula is C11H16N6O. The van der Waals surface area contributed by atoms with Gasteiger partial charge in [-0.15, -0.1) is 10.2 Å². The number of hydrogen-bond acceptors (Lipinski definition) is 4. The van der Waals surface area contributed by atoms with Crippen molar-refractivity contribution in [2.45, 2.75) is 26.9 Å². The molecule has 0 aliphatic carbocycles. The predicted molar refractivity (Wildman–Crippen MR) is 64.8 cm³/mol. The summed E-state index contributed by atoms with van der Waals surface area (Å²) in [6.07, 6.45) is 3.21. The smallest absolute Gasteiger partial charge is 0.255 e. The Morgan fingerprint density at radius 2 is 2.28 bits per heavy atom. The number of nitrogens with zero attached hydrogens (tertiary/aromatic N) is 5. The molecule has 0 bridgehead atoms. The van der Waals surface area contributed by atoms with E-state index in [9.17, 15) is 4.79 Å². The van der Waals surface area contributed by atoms with Gasteiger partial charge in [0.15, 0.2) is 5.82 Å². The van der Waals surface area contributed by atoms with Crippen LogP contribution in [-0.2, 0) is 20.1 Å². The quantitative estimate of drug-likeness (QED) is 0.842. The van der Waals surface area contributed by atoms with Gasteiger partial charge in [0.2, 0.25) is 0 Å². The largest absolute Gasteiger partial charge is 0.345 e. The molecule has 0 saturated carbocycles. The molecule has 0 aliphatic heterocycles. The maximum absolute atomic E-state index is 12.0. The molecule has 0 spiro atoms. The summed E-state index contributed by atoms with van der Waals surface area (Å²) in [4.78, 5) is 12.0.